The lowest BCUT2D eigenvalue weighted by molar-refractivity contribution is 0.0635. The molecule has 4 heteroatoms. The van der Waals surface area contributed by atoms with Gasteiger partial charge in [0.15, 0.2) is 0 Å². The Labute approximate surface area is 139 Å². The Balaban J connectivity index is 0.00000176. The molecule has 1 aromatic carbocycles. The fourth-order valence-electron chi connectivity index (χ4n) is 3.57. The molecule has 1 saturated carbocycles. The molecule has 0 spiro atoms. The van der Waals surface area contributed by atoms with Gasteiger partial charge in [-0.2, -0.15) is 0 Å². The largest absolute Gasteiger partial charge is 0.339 e. The average molecular weight is 323 g/mol. The molecule has 1 N–H and O–H groups in total. The zero-order valence-corrected chi connectivity index (χ0v) is 14.6. The van der Waals surface area contributed by atoms with Gasteiger partial charge in [-0.3, -0.25) is 4.79 Å². The van der Waals surface area contributed by atoms with Gasteiger partial charge < -0.3 is 10.2 Å². The molecule has 0 atom stereocenters. The number of carbonyl (C=O) groups excluding carboxylic acids is 1. The first kappa shape index (κ1) is 17.3. The van der Waals surface area contributed by atoms with Crippen LogP contribution in [-0.4, -0.2) is 23.9 Å². The van der Waals surface area contributed by atoms with Crippen LogP contribution in [0.1, 0.15) is 61.0 Å². The van der Waals surface area contributed by atoms with Gasteiger partial charge in [0.2, 0.25) is 0 Å². The second-order valence-electron chi connectivity index (χ2n) is 7.40. The molecule has 1 fully saturated rings. The first-order chi connectivity index (χ1) is 9.96. The molecule has 1 amide bonds. The van der Waals surface area contributed by atoms with Crippen molar-refractivity contribution in [1.29, 1.82) is 0 Å². The van der Waals surface area contributed by atoms with Crippen LogP contribution < -0.4 is 5.32 Å². The van der Waals surface area contributed by atoms with Gasteiger partial charge >= 0.3 is 0 Å². The van der Waals surface area contributed by atoms with Gasteiger partial charge in [-0.25, -0.2) is 0 Å². The quantitative estimate of drug-likeness (QED) is 0.899. The van der Waals surface area contributed by atoms with Gasteiger partial charge in [0.05, 0.1) is 0 Å². The van der Waals surface area contributed by atoms with Crippen molar-refractivity contribution in [1.82, 2.24) is 10.2 Å². The van der Waals surface area contributed by atoms with Gasteiger partial charge in [-0.05, 0) is 54.4 Å². The van der Waals surface area contributed by atoms with Crippen molar-refractivity contribution in [3.8, 4) is 0 Å². The number of fused-ring (bicyclic) bond motifs is 1. The summed E-state index contributed by atoms with van der Waals surface area (Å²) in [5.74, 6) is 0.175. The van der Waals surface area contributed by atoms with E-state index in [4.69, 9.17) is 0 Å². The number of carbonyl (C=O) groups is 1. The van der Waals surface area contributed by atoms with Gasteiger partial charge in [-0.15, -0.1) is 12.4 Å². The molecule has 3 rings (SSSR count). The first-order valence-electron chi connectivity index (χ1n) is 8.06. The van der Waals surface area contributed by atoms with Gasteiger partial charge in [-0.1, -0.05) is 19.9 Å². The van der Waals surface area contributed by atoms with Crippen LogP contribution in [0.3, 0.4) is 0 Å². The van der Waals surface area contributed by atoms with Gasteiger partial charge in [0.25, 0.3) is 5.91 Å². The van der Waals surface area contributed by atoms with Gasteiger partial charge in [0, 0.05) is 31.7 Å². The summed E-state index contributed by atoms with van der Waals surface area (Å²) in [4.78, 5) is 14.7. The monoisotopic (exact) mass is 322 g/mol. The van der Waals surface area contributed by atoms with Crippen LogP contribution in [0.4, 0.5) is 0 Å². The first-order valence-corrected chi connectivity index (χ1v) is 8.06. The van der Waals surface area contributed by atoms with E-state index in [1.54, 1.807) is 0 Å². The summed E-state index contributed by atoms with van der Waals surface area (Å²) in [5.41, 5.74) is 3.89. The third-order valence-corrected chi connectivity index (χ3v) is 5.26. The molecule has 2 aliphatic rings. The predicted octanol–water partition coefficient (Wildman–Crippen LogP) is 3.75. The summed E-state index contributed by atoms with van der Waals surface area (Å²) in [5, 5.41) is 3.33. The van der Waals surface area contributed by atoms with Crippen LogP contribution in [0.5, 0.6) is 0 Å². The molecule has 22 heavy (non-hydrogen) atoms. The van der Waals surface area contributed by atoms with E-state index in [1.165, 1.54) is 24.0 Å². The Bertz CT molecular complexity index is 546. The summed E-state index contributed by atoms with van der Waals surface area (Å²) in [6, 6.07) is 6.55. The lowest BCUT2D eigenvalue weighted by Crippen LogP contribution is -2.40. The van der Waals surface area contributed by atoms with Crippen molar-refractivity contribution in [2.24, 2.45) is 5.41 Å². The standard InChI is InChI=1S/C18H26N2O.ClH/c1-18(2)8-6-16(7-9-18)20(3)17(21)13-4-5-14-11-19-12-15(14)10-13;/h4-5,10,16,19H,6-9,11-12H2,1-3H3;1H. The van der Waals surface area contributed by atoms with E-state index >= 15 is 0 Å². The molecule has 1 aliphatic carbocycles. The molecule has 0 radical (unpaired) electrons. The SMILES string of the molecule is CN(C(=O)c1ccc2c(c1)CNC2)C1CCC(C)(C)CC1.Cl. The van der Waals surface area contributed by atoms with E-state index in [0.717, 1.165) is 31.5 Å². The molecule has 0 aromatic heterocycles. The van der Waals surface area contributed by atoms with Crippen molar-refractivity contribution in [3.63, 3.8) is 0 Å². The minimum absolute atomic E-state index is 0. The Morgan fingerprint density at radius 3 is 2.50 bits per heavy atom. The van der Waals surface area contributed by atoms with Gasteiger partial charge in [0.1, 0.15) is 0 Å². The summed E-state index contributed by atoms with van der Waals surface area (Å²) < 4.78 is 0. The maximum atomic E-state index is 12.7. The summed E-state index contributed by atoms with van der Waals surface area (Å²) in [6.07, 6.45) is 4.68. The number of hydrogen-bond acceptors (Lipinski definition) is 2. The van der Waals surface area contributed by atoms with E-state index in [9.17, 15) is 4.79 Å². The molecule has 3 nitrogen and oxygen atoms in total. The molecular weight excluding hydrogens is 296 g/mol. The van der Waals surface area contributed by atoms with Crippen molar-refractivity contribution in [2.45, 2.75) is 58.7 Å². The minimum Gasteiger partial charge on any atom is -0.339 e. The third kappa shape index (κ3) is 3.47. The smallest absolute Gasteiger partial charge is 0.253 e. The van der Waals surface area contributed by atoms with Crippen LogP contribution >= 0.6 is 12.4 Å². The summed E-state index contributed by atoms with van der Waals surface area (Å²) in [7, 11) is 1.97. The van der Waals surface area contributed by atoms with Crippen molar-refractivity contribution in [2.75, 3.05) is 7.05 Å². The maximum Gasteiger partial charge on any atom is 0.253 e. The van der Waals surface area contributed by atoms with E-state index in [-0.39, 0.29) is 18.3 Å². The molecule has 0 unspecified atom stereocenters. The molecule has 0 saturated heterocycles. The van der Waals surface area contributed by atoms with Crippen LogP contribution in [0.15, 0.2) is 18.2 Å². The minimum atomic E-state index is 0. The zero-order valence-electron chi connectivity index (χ0n) is 13.8. The second kappa shape index (κ2) is 6.59. The van der Waals surface area contributed by atoms with Crippen LogP contribution in [-0.2, 0) is 13.1 Å². The number of nitrogens with one attached hydrogen (secondary N) is 1. The zero-order chi connectivity index (χ0) is 15.0. The topological polar surface area (TPSA) is 32.3 Å². The predicted molar refractivity (Wildman–Crippen MR) is 92.4 cm³/mol. The fraction of sp³-hybridized carbons (Fsp3) is 0.611. The van der Waals surface area contributed by atoms with Crippen LogP contribution in [0, 0.1) is 5.41 Å². The number of benzene rings is 1. The number of hydrogen-bond donors (Lipinski definition) is 1. The average Bonchev–Trinajstić information content (AvgIpc) is 2.93. The number of rotatable bonds is 2. The Hall–Kier alpha value is -1.06. The second-order valence-corrected chi connectivity index (χ2v) is 7.40. The van der Waals surface area contributed by atoms with E-state index in [0.29, 0.717) is 11.5 Å². The molecule has 1 aliphatic heterocycles. The Morgan fingerprint density at radius 2 is 1.82 bits per heavy atom. The van der Waals surface area contributed by atoms with Crippen molar-refractivity contribution in [3.05, 3.63) is 34.9 Å². The van der Waals surface area contributed by atoms with Crippen LogP contribution in [0.2, 0.25) is 0 Å². The summed E-state index contributed by atoms with van der Waals surface area (Å²) >= 11 is 0. The highest BCUT2D eigenvalue weighted by Crippen LogP contribution is 2.36. The van der Waals surface area contributed by atoms with Crippen LogP contribution in [0.25, 0.3) is 0 Å². The third-order valence-electron chi connectivity index (χ3n) is 5.26. The highest BCUT2D eigenvalue weighted by atomic mass is 35.5. The molecule has 1 heterocycles. The van der Waals surface area contributed by atoms with Crippen molar-refractivity contribution < 1.29 is 4.79 Å². The molecule has 0 bridgehead atoms. The maximum absolute atomic E-state index is 12.7. The number of halogens is 1. The molecular formula is C18H27ClN2O. The fourth-order valence-corrected chi connectivity index (χ4v) is 3.57. The lowest BCUT2D eigenvalue weighted by atomic mass is 9.75. The van der Waals surface area contributed by atoms with E-state index < -0.39 is 0 Å². The Morgan fingerprint density at radius 1 is 1.18 bits per heavy atom. The normalized spacial score (nSPS) is 20.1. The highest BCUT2D eigenvalue weighted by Gasteiger charge is 2.31. The highest BCUT2D eigenvalue weighted by molar-refractivity contribution is 5.94. The molecule has 1 aromatic rings. The van der Waals surface area contributed by atoms with Crippen molar-refractivity contribution >= 4 is 18.3 Å². The summed E-state index contributed by atoms with van der Waals surface area (Å²) in [6.45, 7) is 6.48. The van der Waals surface area contributed by atoms with E-state index in [2.05, 4.69) is 31.3 Å². The number of nitrogens with zero attached hydrogens (tertiary/aromatic N) is 1. The molecule has 122 valence electrons. The Kier molecular flexibility index (Phi) is 5.18. The number of amides is 1. The van der Waals surface area contributed by atoms with E-state index in [1.807, 2.05) is 18.0 Å². The lowest BCUT2D eigenvalue weighted by Gasteiger charge is -2.38.